The SMILES string of the molecule is COc1ccc(C(=O)Cn2c(C)cc(=O)cc2C)cc1O.COc1ccc(C(=O)Cn2c(C)cc(=O)cc2C)cc1OCC=C(C)C. The molecule has 2 heterocycles. The highest BCUT2D eigenvalue weighted by atomic mass is 16.5. The molecule has 248 valence electrons. The van der Waals surface area contributed by atoms with Crippen LogP contribution in [0.25, 0.3) is 0 Å². The summed E-state index contributed by atoms with van der Waals surface area (Å²) in [5, 5.41) is 9.73. The first kappa shape index (κ1) is 36.1. The number of benzene rings is 2. The number of pyridine rings is 2. The molecule has 10 nitrogen and oxygen atoms in total. The van der Waals surface area contributed by atoms with Crippen LogP contribution in [-0.2, 0) is 13.1 Å². The van der Waals surface area contributed by atoms with Crippen molar-refractivity contribution in [2.75, 3.05) is 20.8 Å². The van der Waals surface area contributed by atoms with Crippen molar-refractivity contribution in [1.29, 1.82) is 0 Å². The zero-order chi connectivity index (χ0) is 34.8. The van der Waals surface area contributed by atoms with Crippen molar-refractivity contribution >= 4 is 11.6 Å². The molecule has 0 spiro atoms. The molecule has 10 heteroatoms. The number of hydrogen-bond donors (Lipinski definition) is 1. The molecule has 0 aliphatic carbocycles. The minimum absolute atomic E-state index is 0.0527. The number of hydrogen-bond acceptors (Lipinski definition) is 8. The summed E-state index contributed by atoms with van der Waals surface area (Å²) < 4.78 is 19.6. The molecule has 0 aliphatic rings. The van der Waals surface area contributed by atoms with Crippen LogP contribution in [0, 0.1) is 27.7 Å². The van der Waals surface area contributed by atoms with Crippen LogP contribution in [0.3, 0.4) is 0 Å². The van der Waals surface area contributed by atoms with Gasteiger partial charge in [0, 0.05) is 58.2 Å². The number of methoxy groups -OCH3 is 2. The van der Waals surface area contributed by atoms with E-state index in [-0.39, 0.29) is 41.3 Å². The van der Waals surface area contributed by atoms with Crippen LogP contribution in [0.4, 0.5) is 0 Å². The van der Waals surface area contributed by atoms with E-state index in [1.807, 2.05) is 38.3 Å². The van der Waals surface area contributed by atoms with Gasteiger partial charge < -0.3 is 28.5 Å². The first-order valence-corrected chi connectivity index (χ1v) is 15.0. The van der Waals surface area contributed by atoms with Crippen molar-refractivity contribution in [1.82, 2.24) is 9.13 Å². The zero-order valence-electron chi connectivity index (χ0n) is 28.2. The Morgan fingerprint density at radius 2 is 1.09 bits per heavy atom. The summed E-state index contributed by atoms with van der Waals surface area (Å²) >= 11 is 0. The normalized spacial score (nSPS) is 10.4. The number of phenols is 1. The number of ether oxygens (including phenoxy) is 3. The second-order valence-electron chi connectivity index (χ2n) is 11.3. The Kier molecular flexibility index (Phi) is 12.5. The average molecular weight is 643 g/mol. The molecule has 2 aromatic carbocycles. The molecule has 2 aromatic heterocycles. The Morgan fingerprint density at radius 1 is 0.660 bits per heavy atom. The second kappa shape index (κ2) is 16.3. The number of allylic oxidation sites excluding steroid dienone is 1. The lowest BCUT2D eigenvalue weighted by Gasteiger charge is -2.15. The van der Waals surface area contributed by atoms with Gasteiger partial charge in [-0.05, 0) is 84.0 Å². The minimum Gasteiger partial charge on any atom is -0.504 e. The van der Waals surface area contributed by atoms with Crippen molar-refractivity contribution < 1.29 is 28.9 Å². The first-order valence-electron chi connectivity index (χ1n) is 15.0. The van der Waals surface area contributed by atoms with Gasteiger partial charge in [-0.3, -0.25) is 19.2 Å². The molecule has 0 unspecified atom stereocenters. The van der Waals surface area contributed by atoms with Crippen molar-refractivity contribution in [2.45, 2.75) is 54.6 Å². The number of nitrogens with zero attached hydrogens (tertiary/aromatic N) is 2. The number of carbonyl (C=O) groups excluding carboxylic acids is 2. The van der Waals surface area contributed by atoms with Crippen LogP contribution in [0.15, 0.2) is 81.9 Å². The molecule has 0 atom stereocenters. The molecule has 0 aliphatic heterocycles. The fraction of sp³-hybridized carbons (Fsp3) is 0.297. The maximum atomic E-state index is 12.7. The molecular formula is C37H42N2O8. The van der Waals surface area contributed by atoms with E-state index in [1.165, 1.54) is 37.4 Å². The number of aromatic hydroxyl groups is 1. The first-order chi connectivity index (χ1) is 22.2. The number of aromatic nitrogens is 2. The highest BCUT2D eigenvalue weighted by Gasteiger charge is 2.14. The molecule has 1 N–H and O–H groups in total. The molecule has 0 radical (unpaired) electrons. The number of phenolic OH excluding ortho intramolecular Hbond substituents is 1. The van der Waals surface area contributed by atoms with Crippen LogP contribution in [-0.4, -0.2) is 46.6 Å². The quantitative estimate of drug-likeness (QED) is 0.162. The lowest BCUT2D eigenvalue weighted by Crippen LogP contribution is -2.18. The lowest BCUT2D eigenvalue weighted by atomic mass is 10.1. The van der Waals surface area contributed by atoms with Crippen molar-refractivity contribution in [3.8, 4) is 23.0 Å². The third-order valence-corrected chi connectivity index (χ3v) is 7.43. The van der Waals surface area contributed by atoms with E-state index >= 15 is 0 Å². The predicted octanol–water partition coefficient (Wildman–Crippen LogP) is 5.76. The van der Waals surface area contributed by atoms with Gasteiger partial charge in [0.05, 0.1) is 27.3 Å². The van der Waals surface area contributed by atoms with Crippen LogP contribution >= 0.6 is 0 Å². The largest absolute Gasteiger partial charge is 0.504 e. The maximum Gasteiger partial charge on any atom is 0.182 e. The van der Waals surface area contributed by atoms with Crippen molar-refractivity contribution in [3.63, 3.8) is 0 Å². The topological polar surface area (TPSA) is 126 Å². The van der Waals surface area contributed by atoms with E-state index < -0.39 is 0 Å². The third kappa shape index (κ3) is 9.80. The van der Waals surface area contributed by atoms with E-state index in [0.717, 1.165) is 28.3 Å². The summed E-state index contributed by atoms with van der Waals surface area (Å²) in [6, 6.07) is 15.7. The number of Topliss-reactive ketones (excluding diaryl/α,β-unsaturated/α-hetero) is 2. The van der Waals surface area contributed by atoms with E-state index in [1.54, 1.807) is 55.9 Å². The van der Waals surface area contributed by atoms with Gasteiger partial charge in [-0.15, -0.1) is 0 Å². The van der Waals surface area contributed by atoms with E-state index in [2.05, 4.69) is 0 Å². The van der Waals surface area contributed by atoms with E-state index in [9.17, 15) is 24.3 Å². The molecule has 0 amide bonds. The highest BCUT2D eigenvalue weighted by molar-refractivity contribution is 5.97. The van der Waals surface area contributed by atoms with Gasteiger partial charge in [0.2, 0.25) is 0 Å². The molecule has 4 aromatic rings. The summed E-state index contributed by atoms with van der Waals surface area (Å²) in [4.78, 5) is 48.0. The van der Waals surface area contributed by atoms with Crippen LogP contribution in [0.2, 0.25) is 0 Å². The van der Waals surface area contributed by atoms with E-state index in [0.29, 0.717) is 35.0 Å². The highest BCUT2D eigenvalue weighted by Crippen LogP contribution is 2.29. The molecule has 47 heavy (non-hydrogen) atoms. The van der Waals surface area contributed by atoms with Crippen molar-refractivity contribution in [3.05, 3.63) is 127 Å². The van der Waals surface area contributed by atoms with Gasteiger partial charge in [-0.25, -0.2) is 0 Å². The van der Waals surface area contributed by atoms with Gasteiger partial charge in [0.25, 0.3) is 0 Å². The summed E-state index contributed by atoms with van der Waals surface area (Å²) in [6.45, 7) is 11.9. The standard InChI is InChI=1S/C21H25NO4.C16H17NO4/c1-14(2)8-9-26-21-12-17(6-7-20(21)25-5)19(24)13-22-15(3)10-18(23)11-16(22)4;1-10-6-13(18)7-11(2)17(10)9-15(20)12-4-5-16(21-3)14(19)8-12/h6-8,10-12H,9,13H2,1-5H3;4-8,19H,9H2,1-3H3. The van der Waals surface area contributed by atoms with Crippen LogP contribution in [0.5, 0.6) is 23.0 Å². The molecule has 0 saturated heterocycles. The Hall–Kier alpha value is -5.38. The minimum atomic E-state index is -0.150. The Morgan fingerprint density at radius 3 is 1.49 bits per heavy atom. The third-order valence-electron chi connectivity index (χ3n) is 7.43. The van der Waals surface area contributed by atoms with Crippen LogP contribution in [0.1, 0.15) is 57.3 Å². The Bertz CT molecular complexity index is 1860. The summed E-state index contributed by atoms with van der Waals surface area (Å²) in [7, 11) is 3.02. The zero-order valence-corrected chi connectivity index (χ0v) is 28.2. The number of rotatable bonds is 11. The van der Waals surface area contributed by atoms with Gasteiger partial charge in [-0.1, -0.05) is 5.57 Å². The van der Waals surface area contributed by atoms with Gasteiger partial charge >= 0.3 is 0 Å². The van der Waals surface area contributed by atoms with Crippen molar-refractivity contribution in [2.24, 2.45) is 0 Å². The van der Waals surface area contributed by atoms with Gasteiger partial charge in [0.1, 0.15) is 6.61 Å². The van der Waals surface area contributed by atoms with Crippen LogP contribution < -0.4 is 25.1 Å². The average Bonchev–Trinajstić information content (AvgIpc) is 3.00. The smallest absolute Gasteiger partial charge is 0.182 e. The Balaban J connectivity index is 0.000000261. The van der Waals surface area contributed by atoms with E-state index in [4.69, 9.17) is 14.2 Å². The summed E-state index contributed by atoms with van der Waals surface area (Å²) in [5.41, 5.74) is 4.94. The second-order valence-corrected chi connectivity index (χ2v) is 11.3. The number of ketones is 2. The van der Waals surface area contributed by atoms with Gasteiger partial charge in [-0.2, -0.15) is 0 Å². The summed E-state index contributed by atoms with van der Waals surface area (Å²) in [5.74, 6) is 1.15. The fourth-order valence-corrected chi connectivity index (χ4v) is 4.87. The predicted molar refractivity (Wildman–Crippen MR) is 182 cm³/mol. The van der Waals surface area contributed by atoms with Gasteiger partial charge in [0.15, 0.2) is 45.4 Å². The lowest BCUT2D eigenvalue weighted by molar-refractivity contribution is 0.0962. The fourth-order valence-electron chi connectivity index (χ4n) is 4.87. The maximum absolute atomic E-state index is 12.7. The monoisotopic (exact) mass is 642 g/mol. The molecule has 0 bridgehead atoms. The molecule has 4 rings (SSSR count). The molecular weight excluding hydrogens is 600 g/mol. The molecule has 0 fully saturated rings. The Labute approximate surface area is 274 Å². The number of carbonyl (C=O) groups is 2. The summed E-state index contributed by atoms with van der Waals surface area (Å²) in [6.07, 6.45) is 1.96. The number of aryl methyl sites for hydroxylation is 4. The molecule has 0 saturated carbocycles.